The third-order valence-corrected chi connectivity index (χ3v) is 0.891. The summed E-state index contributed by atoms with van der Waals surface area (Å²) in [4.78, 5) is 0. The third-order valence-electron chi connectivity index (χ3n) is 0.891. The Kier molecular flexibility index (Phi) is 1.36. The Balaban J connectivity index is 2.45. The van der Waals surface area contributed by atoms with Gasteiger partial charge in [-0.15, -0.1) is 0 Å². The third kappa shape index (κ3) is 1.11. The van der Waals surface area contributed by atoms with E-state index in [2.05, 4.69) is 10.6 Å². The van der Waals surface area contributed by atoms with Crippen molar-refractivity contribution in [3.8, 4) is 0 Å². The van der Waals surface area contributed by atoms with Crippen LogP contribution in [0.4, 0.5) is 0 Å². The zero-order valence-electron chi connectivity index (χ0n) is 4.26. The highest BCUT2D eigenvalue weighted by atomic mass is 16.3. The summed E-state index contributed by atoms with van der Waals surface area (Å²) in [6, 6.07) is 0. The number of nitrogens with one attached hydrogen (secondary N) is 2. The molecule has 1 atom stereocenters. The fourth-order valence-electron chi connectivity index (χ4n) is 0.517. The summed E-state index contributed by atoms with van der Waals surface area (Å²) >= 11 is 0. The molecule has 1 aliphatic heterocycles. The Bertz CT molecular complexity index is 113. The van der Waals surface area contributed by atoms with Gasteiger partial charge in [0.2, 0.25) is 0 Å². The van der Waals surface area contributed by atoms with Crippen molar-refractivity contribution in [1.29, 1.82) is 0 Å². The molecule has 0 radical (unpaired) electrons. The fraction of sp³-hybridized carbons (Fsp3) is 0.500. The van der Waals surface area contributed by atoms with Crippen molar-refractivity contribution in [3.05, 3.63) is 12.0 Å². The number of rotatable bonds is 0. The molecule has 0 bridgehead atoms. The topological polar surface area (TPSA) is 64.5 Å². The lowest BCUT2D eigenvalue weighted by Crippen LogP contribution is -2.45. The standard InChI is InChI=1S/C4H8N2O2/c7-3-1-2-5-4(8)6-3/h1,4-8H,2H2. The van der Waals surface area contributed by atoms with E-state index in [9.17, 15) is 0 Å². The minimum Gasteiger partial charge on any atom is -0.495 e. The Hall–Kier alpha value is -0.740. The number of hydrogen-bond donors (Lipinski definition) is 4. The van der Waals surface area contributed by atoms with E-state index in [1.54, 1.807) is 0 Å². The summed E-state index contributed by atoms with van der Waals surface area (Å²) in [7, 11) is 0. The van der Waals surface area contributed by atoms with Crippen LogP contribution in [0.3, 0.4) is 0 Å². The molecule has 0 spiro atoms. The van der Waals surface area contributed by atoms with Gasteiger partial charge in [-0.05, 0) is 6.08 Å². The van der Waals surface area contributed by atoms with Gasteiger partial charge in [-0.3, -0.25) is 5.32 Å². The summed E-state index contributed by atoms with van der Waals surface area (Å²) < 4.78 is 0. The fourth-order valence-corrected chi connectivity index (χ4v) is 0.517. The SMILES string of the molecule is OC1=CCNC(O)N1. The zero-order chi connectivity index (χ0) is 5.98. The molecule has 0 aromatic rings. The Morgan fingerprint density at radius 2 is 2.50 bits per heavy atom. The van der Waals surface area contributed by atoms with Crippen molar-refractivity contribution < 1.29 is 10.2 Å². The Labute approximate surface area is 46.8 Å². The second-order valence-corrected chi connectivity index (χ2v) is 1.54. The van der Waals surface area contributed by atoms with Crippen LogP contribution in [0.25, 0.3) is 0 Å². The molecular weight excluding hydrogens is 108 g/mol. The van der Waals surface area contributed by atoms with E-state index in [4.69, 9.17) is 10.2 Å². The maximum atomic E-state index is 8.66. The van der Waals surface area contributed by atoms with Crippen molar-refractivity contribution in [2.24, 2.45) is 0 Å². The van der Waals surface area contributed by atoms with Crippen LogP contribution in [-0.4, -0.2) is 23.1 Å². The molecule has 1 rings (SSSR count). The summed E-state index contributed by atoms with van der Waals surface area (Å²) in [6.45, 7) is 0.500. The molecule has 46 valence electrons. The van der Waals surface area contributed by atoms with Crippen molar-refractivity contribution in [2.75, 3.05) is 6.54 Å². The summed E-state index contributed by atoms with van der Waals surface area (Å²) in [5.41, 5.74) is 0. The van der Waals surface area contributed by atoms with Crippen LogP contribution >= 0.6 is 0 Å². The highest BCUT2D eigenvalue weighted by Gasteiger charge is 2.06. The van der Waals surface area contributed by atoms with Crippen molar-refractivity contribution in [3.63, 3.8) is 0 Å². The van der Waals surface area contributed by atoms with Crippen molar-refractivity contribution in [1.82, 2.24) is 10.6 Å². The van der Waals surface area contributed by atoms with E-state index in [1.165, 1.54) is 6.08 Å². The van der Waals surface area contributed by atoms with Crippen LogP contribution in [0, 0.1) is 0 Å². The van der Waals surface area contributed by atoms with Gasteiger partial charge < -0.3 is 15.5 Å². The van der Waals surface area contributed by atoms with Crippen LogP contribution in [0.15, 0.2) is 12.0 Å². The lowest BCUT2D eigenvalue weighted by molar-refractivity contribution is 0.0901. The number of aliphatic hydroxyl groups is 2. The molecule has 4 heteroatoms. The van der Waals surface area contributed by atoms with Crippen molar-refractivity contribution in [2.45, 2.75) is 6.35 Å². The lowest BCUT2D eigenvalue weighted by Gasteiger charge is -2.17. The van der Waals surface area contributed by atoms with Gasteiger partial charge in [-0.2, -0.15) is 0 Å². The van der Waals surface area contributed by atoms with E-state index in [0.717, 1.165) is 0 Å². The first-order chi connectivity index (χ1) is 3.79. The van der Waals surface area contributed by atoms with E-state index in [1.807, 2.05) is 0 Å². The monoisotopic (exact) mass is 116 g/mol. The molecule has 0 saturated carbocycles. The number of aliphatic hydroxyl groups excluding tert-OH is 2. The van der Waals surface area contributed by atoms with Crippen LogP contribution in [-0.2, 0) is 0 Å². The molecule has 1 aliphatic rings. The van der Waals surface area contributed by atoms with Crippen LogP contribution in [0.1, 0.15) is 0 Å². The van der Waals surface area contributed by atoms with E-state index in [-0.39, 0.29) is 5.88 Å². The highest BCUT2D eigenvalue weighted by molar-refractivity contribution is 4.94. The summed E-state index contributed by atoms with van der Waals surface area (Å²) in [5, 5.41) is 22.2. The first-order valence-corrected chi connectivity index (χ1v) is 2.36. The smallest absolute Gasteiger partial charge is 0.184 e. The Morgan fingerprint density at radius 3 is 2.88 bits per heavy atom. The van der Waals surface area contributed by atoms with Gasteiger partial charge in [0.25, 0.3) is 0 Å². The maximum absolute atomic E-state index is 8.66. The van der Waals surface area contributed by atoms with Gasteiger partial charge in [0, 0.05) is 6.54 Å². The van der Waals surface area contributed by atoms with Crippen LogP contribution < -0.4 is 10.6 Å². The average molecular weight is 116 g/mol. The highest BCUT2D eigenvalue weighted by Crippen LogP contribution is 1.87. The van der Waals surface area contributed by atoms with Gasteiger partial charge in [0.05, 0.1) is 0 Å². The summed E-state index contributed by atoms with van der Waals surface area (Å²) in [5.74, 6) is 0.0243. The van der Waals surface area contributed by atoms with E-state index < -0.39 is 6.35 Å². The van der Waals surface area contributed by atoms with Gasteiger partial charge in [-0.25, -0.2) is 0 Å². The molecule has 0 aliphatic carbocycles. The molecular formula is C4H8N2O2. The van der Waals surface area contributed by atoms with E-state index in [0.29, 0.717) is 6.54 Å². The van der Waals surface area contributed by atoms with Crippen LogP contribution in [0.5, 0.6) is 0 Å². The molecule has 0 amide bonds. The average Bonchev–Trinajstić information content (AvgIpc) is 1.64. The quantitative estimate of drug-likeness (QED) is 0.323. The van der Waals surface area contributed by atoms with Crippen molar-refractivity contribution >= 4 is 0 Å². The Morgan fingerprint density at radius 1 is 1.75 bits per heavy atom. The molecule has 0 fully saturated rings. The zero-order valence-corrected chi connectivity index (χ0v) is 4.26. The normalized spacial score (nSPS) is 28.6. The predicted octanol–water partition coefficient (Wildman–Crippen LogP) is -1.15. The molecule has 1 unspecified atom stereocenters. The van der Waals surface area contributed by atoms with Crippen LogP contribution in [0.2, 0.25) is 0 Å². The predicted molar refractivity (Wildman–Crippen MR) is 27.9 cm³/mol. The molecule has 0 aromatic heterocycles. The maximum Gasteiger partial charge on any atom is 0.184 e. The van der Waals surface area contributed by atoms with Gasteiger partial charge in [0.1, 0.15) is 0 Å². The minimum absolute atomic E-state index is 0.0243. The summed E-state index contributed by atoms with van der Waals surface area (Å²) in [6.07, 6.45) is 0.729. The first kappa shape index (κ1) is 5.40. The molecule has 4 nitrogen and oxygen atoms in total. The molecule has 0 aromatic carbocycles. The molecule has 1 heterocycles. The van der Waals surface area contributed by atoms with Gasteiger partial charge in [0.15, 0.2) is 12.2 Å². The molecule has 0 saturated heterocycles. The molecule has 8 heavy (non-hydrogen) atoms. The van der Waals surface area contributed by atoms with Gasteiger partial charge in [-0.1, -0.05) is 0 Å². The lowest BCUT2D eigenvalue weighted by atomic mass is 10.5. The largest absolute Gasteiger partial charge is 0.495 e. The number of hydrogen-bond acceptors (Lipinski definition) is 4. The molecule has 4 N–H and O–H groups in total. The second-order valence-electron chi connectivity index (χ2n) is 1.54. The first-order valence-electron chi connectivity index (χ1n) is 2.36. The second kappa shape index (κ2) is 2.02. The van der Waals surface area contributed by atoms with Gasteiger partial charge >= 0.3 is 0 Å². The minimum atomic E-state index is -0.806. The van der Waals surface area contributed by atoms with E-state index >= 15 is 0 Å².